The summed E-state index contributed by atoms with van der Waals surface area (Å²) in [7, 11) is 6.25. The summed E-state index contributed by atoms with van der Waals surface area (Å²) in [4.78, 5) is 22.3. The number of ketones is 1. The van der Waals surface area contributed by atoms with Gasteiger partial charge in [0.25, 0.3) is 5.91 Å². The van der Waals surface area contributed by atoms with E-state index in [2.05, 4.69) is 33.0 Å². The molecule has 0 saturated heterocycles. The van der Waals surface area contributed by atoms with Crippen molar-refractivity contribution in [3.8, 4) is 0 Å². The van der Waals surface area contributed by atoms with Crippen LogP contribution in [-0.2, 0) is 9.59 Å². The maximum absolute atomic E-state index is 11.2. The van der Waals surface area contributed by atoms with Gasteiger partial charge in [0.05, 0.1) is 27.7 Å². The summed E-state index contributed by atoms with van der Waals surface area (Å²) in [6, 6.07) is 0. The lowest BCUT2D eigenvalue weighted by Crippen LogP contribution is -3.00. The van der Waals surface area contributed by atoms with Crippen LogP contribution in [0.4, 0.5) is 0 Å². The predicted octanol–water partition coefficient (Wildman–Crippen LogP) is -2.65. The first-order chi connectivity index (χ1) is 6.74. The first kappa shape index (κ1) is 17.5. The zero-order valence-corrected chi connectivity index (χ0v) is 11.2. The minimum absolute atomic E-state index is 0. The molecule has 0 aliphatic heterocycles. The molecular weight excluding hydrogens is 228 g/mol. The Bertz CT molecular complexity index is 270. The van der Waals surface area contributed by atoms with E-state index in [0.29, 0.717) is 6.54 Å². The number of hydrogen-bond acceptors (Lipinski definition) is 2. The fourth-order valence-electron chi connectivity index (χ4n) is 1.03. The number of rotatable bonds is 6. The lowest BCUT2D eigenvalue weighted by atomic mass is 10.2. The van der Waals surface area contributed by atoms with Gasteiger partial charge in [-0.25, -0.2) is 0 Å². The van der Waals surface area contributed by atoms with E-state index in [1.807, 2.05) is 0 Å². The van der Waals surface area contributed by atoms with Crippen LogP contribution in [0, 0.1) is 0 Å². The third-order valence-corrected chi connectivity index (χ3v) is 1.89. The third kappa shape index (κ3) is 8.44. The number of halogens is 1. The van der Waals surface area contributed by atoms with Crippen molar-refractivity contribution in [3.05, 3.63) is 12.2 Å². The van der Waals surface area contributed by atoms with E-state index in [0.717, 1.165) is 17.4 Å². The van der Waals surface area contributed by atoms with Crippen molar-refractivity contribution in [2.45, 2.75) is 13.3 Å². The Morgan fingerprint density at radius 3 is 2.12 bits per heavy atom. The van der Waals surface area contributed by atoms with Crippen LogP contribution in [0.25, 0.3) is 0 Å². The van der Waals surface area contributed by atoms with Gasteiger partial charge in [0.15, 0.2) is 0 Å². The molecule has 0 spiro atoms. The molecule has 16 heavy (non-hydrogen) atoms. The van der Waals surface area contributed by atoms with Gasteiger partial charge in [0.2, 0.25) is 5.78 Å². The second-order valence-corrected chi connectivity index (χ2v) is 4.73. The zero-order chi connectivity index (χ0) is 12.1. The summed E-state index contributed by atoms with van der Waals surface area (Å²) in [5, 5.41) is 2.58. The quantitative estimate of drug-likeness (QED) is 0.242. The molecule has 1 amide bonds. The van der Waals surface area contributed by atoms with Gasteiger partial charge in [-0.15, -0.1) is 0 Å². The van der Waals surface area contributed by atoms with Crippen LogP contribution in [0.1, 0.15) is 13.3 Å². The van der Waals surface area contributed by atoms with Crippen molar-refractivity contribution < 1.29 is 26.5 Å². The standard InChI is InChI=1S/C11H20N2O2.ClH/c1-9(2)10(14)11(15)12-7-6-8-13(3,4)5;/h1,6-8H2,2-5H3;1H. The van der Waals surface area contributed by atoms with Gasteiger partial charge in [-0.1, -0.05) is 6.58 Å². The molecule has 0 saturated carbocycles. The zero-order valence-electron chi connectivity index (χ0n) is 10.5. The van der Waals surface area contributed by atoms with Crippen molar-refractivity contribution in [2.24, 2.45) is 0 Å². The molecule has 0 rings (SSSR count). The smallest absolute Gasteiger partial charge is 0.292 e. The first-order valence-electron chi connectivity index (χ1n) is 5.02. The van der Waals surface area contributed by atoms with Crippen molar-refractivity contribution in [3.63, 3.8) is 0 Å². The molecule has 0 aliphatic rings. The van der Waals surface area contributed by atoms with Crippen LogP contribution in [0.15, 0.2) is 12.2 Å². The maximum Gasteiger partial charge on any atom is 0.292 e. The average molecular weight is 249 g/mol. The van der Waals surface area contributed by atoms with E-state index in [1.54, 1.807) is 0 Å². The van der Waals surface area contributed by atoms with Crippen molar-refractivity contribution >= 4 is 11.7 Å². The molecule has 0 atom stereocenters. The first-order valence-corrected chi connectivity index (χ1v) is 5.02. The van der Waals surface area contributed by atoms with Crippen molar-refractivity contribution in [1.29, 1.82) is 0 Å². The van der Waals surface area contributed by atoms with E-state index in [1.165, 1.54) is 6.92 Å². The number of carbonyl (C=O) groups is 2. The molecule has 0 radical (unpaired) electrons. The molecule has 5 heteroatoms. The number of carbonyl (C=O) groups excluding carboxylic acids is 2. The van der Waals surface area contributed by atoms with Crippen LogP contribution in [0.5, 0.6) is 0 Å². The van der Waals surface area contributed by atoms with Crippen molar-refractivity contribution in [1.82, 2.24) is 5.32 Å². The summed E-state index contributed by atoms with van der Waals surface area (Å²) in [5.74, 6) is -1.08. The molecule has 0 aliphatic carbocycles. The van der Waals surface area contributed by atoms with Gasteiger partial charge in [0, 0.05) is 13.0 Å². The fraction of sp³-hybridized carbons (Fsp3) is 0.636. The van der Waals surface area contributed by atoms with Crippen molar-refractivity contribution in [2.75, 3.05) is 34.2 Å². The monoisotopic (exact) mass is 248 g/mol. The minimum Gasteiger partial charge on any atom is -1.00 e. The van der Waals surface area contributed by atoms with Gasteiger partial charge in [-0.05, 0) is 12.5 Å². The molecule has 0 unspecified atom stereocenters. The van der Waals surface area contributed by atoms with Gasteiger partial charge in [0.1, 0.15) is 0 Å². The van der Waals surface area contributed by atoms with E-state index < -0.39 is 11.7 Å². The van der Waals surface area contributed by atoms with E-state index >= 15 is 0 Å². The molecule has 0 aromatic rings. The summed E-state index contributed by atoms with van der Waals surface area (Å²) >= 11 is 0. The molecule has 4 nitrogen and oxygen atoms in total. The number of nitrogens with one attached hydrogen (secondary N) is 1. The summed E-state index contributed by atoms with van der Waals surface area (Å²) in [5.41, 5.74) is 0.277. The highest BCUT2D eigenvalue weighted by Crippen LogP contribution is 1.93. The molecule has 0 aromatic carbocycles. The van der Waals surface area contributed by atoms with Crippen LogP contribution >= 0.6 is 0 Å². The van der Waals surface area contributed by atoms with E-state index in [9.17, 15) is 9.59 Å². The van der Waals surface area contributed by atoms with E-state index in [4.69, 9.17) is 0 Å². The fourth-order valence-corrected chi connectivity index (χ4v) is 1.03. The highest BCUT2D eigenvalue weighted by atomic mass is 35.5. The second-order valence-electron chi connectivity index (χ2n) is 4.73. The lowest BCUT2D eigenvalue weighted by Gasteiger charge is -2.23. The number of quaternary nitrogens is 1. The average Bonchev–Trinajstić information content (AvgIpc) is 2.09. The van der Waals surface area contributed by atoms with Gasteiger partial charge in [-0.3, -0.25) is 9.59 Å². The minimum atomic E-state index is -0.552. The number of amides is 1. The molecule has 0 aromatic heterocycles. The molecule has 0 fully saturated rings. The maximum atomic E-state index is 11.2. The van der Waals surface area contributed by atoms with Crippen LogP contribution in [0.2, 0.25) is 0 Å². The van der Waals surface area contributed by atoms with Crippen LogP contribution in [0.3, 0.4) is 0 Å². The summed E-state index contributed by atoms with van der Waals surface area (Å²) < 4.78 is 0.851. The highest BCUT2D eigenvalue weighted by Gasteiger charge is 2.13. The SMILES string of the molecule is C=C(C)C(=O)C(=O)NCCC[N+](C)(C)C.[Cl-]. The molecule has 0 heterocycles. The number of hydrogen-bond donors (Lipinski definition) is 1. The Kier molecular flexibility index (Phi) is 8.12. The summed E-state index contributed by atoms with van der Waals surface area (Å²) in [6.45, 7) is 6.46. The lowest BCUT2D eigenvalue weighted by molar-refractivity contribution is -0.870. The molecular formula is C11H21ClN2O2. The third-order valence-electron chi connectivity index (χ3n) is 1.89. The van der Waals surface area contributed by atoms with Crippen LogP contribution < -0.4 is 17.7 Å². The Balaban J connectivity index is 0. The predicted molar refractivity (Wildman–Crippen MR) is 60.3 cm³/mol. The van der Waals surface area contributed by atoms with Gasteiger partial charge in [-0.2, -0.15) is 0 Å². The largest absolute Gasteiger partial charge is 1.00 e. The topological polar surface area (TPSA) is 46.2 Å². The highest BCUT2D eigenvalue weighted by molar-refractivity contribution is 6.42. The molecule has 0 bridgehead atoms. The normalized spacial score (nSPS) is 10.2. The Morgan fingerprint density at radius 2 is 1.75 bits per heavy atom. The van der Waals surface area contributed by atoms with Gasteiger partial charge < -0.3 is 22.2 Å². The van der Waals surface area contributed by atoms with Gasteiger partial charge >= 0.3 is 0 Å². The Morgan fingerprint density at radius 1 is 1.25 bits per heavy atom. The molecule has 1 N–H and O–H groups in total. The molecule has 94 valence electrons. The van der Waals surface area contributed by atoms with Crippen LogP contribution in [-0.4, -0.2) is 50.4 Å². The number of nitrogens with zero attached hydrogens (tertiary/aromatic N) is 1. The Labute approximate surface area is 104 Å². The number of Topliss-reactive ketones (excluding diaryl/α,β-unsaturated/α-hetero) is 1. The second kappa shape index (κ2) is 7.41. The summed E-state index contributed by atoms with van der Waals surface area (Å²) in [6.07, 6.45) is 0.860. The Hall–Kier alpha value is -0.870. The van der Waals surface area contributed by atoms with E-state index in [-0.39, 0.29) is 18.0 Å².